The topological polar surface area (TPSA) is 85.4 Å². The van der Waals surface area contributed by atoms with Crippen molar-refractivity contribution in [1.29, 1.82) is 0 Å². The molecule has 1 unspecified atom stereocenters. The maximum absolute atomic E-state index is 13.1. The van der Waals surface area contributed by atoms with Gasteiger partial charge in [-0.15, -0.1) is 0 Å². The molecule has 162 valence electrons. The van der Waals surface area contributed by atoms with Crippen molar-refractivity contribution >= 4 is 23.4 Å². The zero-order valence-corrected chi connectivity index (χ0v) is 17.5. The van der Waals surface area contributed by atoms with Crippen molar-refractivity contribution in [2.45, 2.75) is 39.3 Å². The number of carbonyl (C=O) groups is 3. The van der Waals surface area contributed by atoms with E-state index < -0.39 is 11.9 Å². The summed E-state index contributed by atoms with van der Waals surface area (Å²) in [5.74, 6) is 0.880. The molecule has 2 aliphatic rings. The van der Waals surface area contributed by atoms with Gasteiger partial charge in [0.1, 0.15) is 11.8 Å². The van der Waals surface area contributed by atoms with E-state index in [2.05, 4.69) is 0 Å². The lowest BCUT2D eigenvalue weighted by atomic mass is 10.1. The molecule has 31 heavy (non-hydrogen) atoms. The molecule has 8 nitrogen and oxygen atoms in total. The maximum Gasteiger partial charge on any atom is 0.257 e. The minimum absolute atomic E-state index is 0.0585. The number of carbonyl (C=O) groups excluding carboxylic acids is 3. The number of fused-ring (bicyclic) bond motifs is 1. The first-order valence-corrected chi connectivity index (χ1v) is 10.2. The van der Waals surface area contributed by atoms with Crippen LogP contribution in [-0.2, 0) is 20.9 Å². The lowest BCUT2D eigenvalue weighted by Crippen LogP contribution is -2.44. The Balaban J connectivity index is 1.52. The van der Waals surface area contributed by atoms with E-state index >= 15 is 0 Å². The van der Waals surface area contributed by atoms with Gasteiger partial charge in [0.15, 0.2) is 11.5 Å². The lowest BCUT2D eigenvalue weighted by Gasteiger charge is -2.26. The average Bonchev–Trinajstić information content (AvgIpc) is 3.34. The maximum atomic E-state index is 13.1. The number of hydrogen-bond donors (Lipinski definition) is 0. The van der Waals surface area contributed by atoms with Crippen LogP contribution in [0.1, 0.15) is 32.3 Å². The highest BCUT2D eigenvalue weighted by molar-refractivity contribution is 6.23. The predicted molar refractivity (Wildman–Crippen MR) is 112 cm³/mol. The molecule has 1 atom stereocenters. The highest BCUT2D eigenvalue weighted by atomic mass is 16.7. The Kier molecular flexibility index (Phi) is 5.79. The number of hydrogen-bond acceptors (Lipinski definition) is 6. The molecule has 8 heteroatoms. The molecule has 1 saturated heterocycles. The van der Waals surface area contributed by atoms with Crippen LogP contribution < -0.4 is 19.1 Å². The third kappa shape index (κ3) is 4.19. The number of anilines is 1. The Hall–Kier alpha value is -3.55. The van der Waals surface area contributed by atoms with E-state index in [-0.39, 0.29) is 31.6 Å². The first-order valence-electron chi connectivity index (χ1n) is 10.2. The molecule has 0 bridgehead atoms. The normalized spacial score (nSPS) is 17.2. The SMILES string of the molecule is CCCOc1ccc(N2C(=O)CC(N(Cc3ccc4c(c3)OCO4)C(C)=O)C2=O)cc1. The van der Waals surface area contributed by atoms with Crippen molar-refractivity contribution in [1.82, 2.24) is 4.90 Å². The fourth-order valence-corrected chi connectivity index (χ4v) is 3.72. The molecule has 0 aromatic heterocycles. The standard InChI is InChI=1S/C23H24N2O6/c1-3-10-29-18-7-5-17(6-8-18)25-22(27)12-19(23(25)28)24(15(2)26)13-16-4-9-20-21(11-16)31-14-30-20/h4-9,11,19H,3,10,12-14H2,1-2H3. The number of rotatable bonds is 7. The van der Waals surface area contributed by atoms with E-state index in [0.717, 1.165) is 16.9 Å². The van der Waals surface area contributed by atoms with Crippen LogP contribution in [0, 0.1) is 0 Å². The molecular formula is C23H24N2O6. The van der Waals surface area contributed by atoms with Gasteiger partial charge in [0.25, 0.3) is 5.91 Å². The Morgan fingerprint density at radius 1 is 1.13 bits per heavy atom. The molecule has 2 aliphatic heterocycles. The summed E-state index contributed by atoms with van der Waals surface area (Å²) in [5, 5.41) is 0. The van der Waals surface area contributed by atoms with E-state index in [1.54, 1.807) is 36.4 Å². The first kappa shape index (κ1) is 20.7. The quantitative estimate of drug-likeness (QED) is 0.636. The third-order valence-electron chi connectivity index (χ3n) is 5.26. The zero-order valence-electron chi connectivity index (χ0n) is 17.5. The second-order valence-electron chi connectivity index (χ2n) is 7.46. The molecule has 1 fully saturated rings. The van der Waals surface area contributed by atoms with Crippen molar-refractivity contribution in [3.8, 4) is 17.2 Å². The monoisotopic (exact) mass is 424 g/mol. The van der Waals surface area contributed by atoms with Gasteiger partial charge in [-0.1, -0.05) is 13.0 Å². The first-order chi connectivity index (χ1) is 15.0. The Morgan fingerprint density at radius 3 is 2.58 bits per heavy atom. The molecule has 0 radical (unpaired) electrons. The van der Waals surface area contributed by atoms with Crippen molar-refractivity contribution < 1.29 is 28.6 Å². The molecular weight excluding hydrogens is 400 g/mol. The molecule has 0 N–H and O–H groups in total. The number of benzene rings is 2. The van der Waals surface area contributed by atoms with E-state index in [0.29, 0.717) is 29.5 Å². The van der Waals surface area contributed by atoms with Crippen molar-refractivity contribution in [2.75, 3.05) is 18.3 Å². The van der Waals surface area contributed by atoms with Gasteiger partial charge in [0.2, 0.25) is 18.6 Å². The smallest absolute Gasteiger partial charge is 0.257 e. The van der Waals surface area contributed by atoms with Crippen LogP contribution in [0.3, 0.4) is 0 Å². The van der Waals surface area contributed by atoms with Crippen LogP contribution >= 0.6 is 0 Å². The molecule has 0 spiro atoms. The van der Waals surface area contributed by atoms with Crippen LogP contribution in [0.5, 0.6) is 17.2 Å². The zero-order chi connectivity index (χ0) is 22.0. The Labute approximate surface area is 180 Å². The van der Waals surface area contributed by atoms with Crippen LogP contribution in [0.2, 0.25) is 0 Å². The summed E-state index contributed by atoms with van der Waals surface area (Å²) in [6.45, 7) is 4.35. The summed E-state index contributed by atoms with van der Waals surface area (Å²) in [7, 11) is 0. The van der Waals surface area contributed by atoms with Gasteiger partial charge in [-0.25, -0.2) is 4.90 Å². The summed E-state index contributed by atoms with van der Waals surface area (Å²) < 4.78 is 16.3. The highest BCUT2D eigenvalue weighted by Crippen LogP contribution is 2.34. The third-order valence-corrected chi connectivity index (χ3v) is 5.26. The van der Waals surface area contributed by atoms with Gasteiger partial charge in [-0.2, -0.15) is 0 Å². The fraction of sp³-hybridized carbons (Fsp3) is 0.348. The van der Waals surface area contributed by atoms with Gasteiger partial charge >= 0.3 is 0 Å². The van der Waals surface area contributed by atoms with Gasteiger partial charge in [0, 0.05) is 13.5 Å². The van der Waals surface area contributed by atoms with Gasteiger partial charge in [0.05, 0.1) is 18.7 Å². The van der Waals surface area contributed by atoms with E-state index in [1.807, 2.05) is 13.0 Å². The van der Waals surface area contributed by atoms with Crippen LogP contribution in [-0.4, -0.2) is 42.1 Å². The van der Waals surface area contributed by atoms with Crippen LogP contribution in [0.15, 0.2) is 42.5 Å². The fourth-order valence-electron chi connectivity index (χ4n) is 3.72. The minimum atomic E-state index is -0.855. The molecule has 0 saturated carbocycles. The van der Waals surface area contributed by atoms with E-state index in [9.17, 15) is 14.4 Å². The van der Waals surface area contributed by atoms with E-state index in [4.69, 9.17) is 14.2 Å². The predicted octanol–water partition coefficient (Wildman–Crippen LogP) is 2.88. The minimum Gasteiger partial charge on any atom is -0.494 e. The Morgan fingerprint density at radius 2 is 1.87 bits per heavy atom. The summed E-state index contributed by atoms with van der Waals surface area (Å²) in [6.07, 6.45) is 0.827. The largest absolute Gasteiger partial charge is 0.494 e. The number of ether oxygens (including phenoxy) is 3. The van der Waals surface area contributed by atoms with E-state index in [1.165, 1.54) is 11.8 Å². The van der Waals surface area contributed by atoms with Crippen molar-refractivity contribution in [3.63, 3.8) is 0 Å². The molecule has 3 amide bonds. The second-order valence-corrected chi connectivity index (χ2v) is 7.46. The van der Waals surface area contributed by atoms with Crippen molar-refractivity contribution in [2.24, 2.45) is 0 Å². The summed E-state index contributed by atoms with van der Waals surface area (Å²) in [4.78, 5) is 40.8. The number of imide groups is 1. The van der Waals surface area contributed by atoms with Gasteiger partial charge < -0.3 is 19.1 Å². The van der Waals surface area contributed by atoms with Crippen molar-refractivity contribution in [3.05, 3.63) is 48.0 Å². The molecule has 2 aromatic carbocycles. The average molecular weight is 424 g/mol. The lowest BCUT2D eigenvalue weighted by molar-refractivity contribution is -0.137. The summed E-state index contributed by atoms with van der Waals surface area (Å²) in [5.41, 5.74) is 1.25. The number of nitrogens with zero attached hydrogens (tertiary/aromatic N) is 2. The van der Waals surface area contributed by atoms with Gasteiger partial charge in [-0.3, -0.25) is 14.4 Å². The molecule has 2 heterocycles. The second kappa shape index (κ2) is 8.67. The Bertz CT molecular complexity index is 1000. The summed E-state index contributed by atoms with van der Waals surface area (Å²) >= 11 is 0. The van der Waals surface area contributed by atoms with Crippen LogP contribution in [0.4, 0.5) is 5.69 Å². The number of amides is 3. The summed E-state index contributed by atoms with van der Waals surface area (Å²) in [6, 6.07) is 11.3. The molecule has 2 aromatic rings. The molecule has 0 aliphatic carbocycles. The van der Waals surface area contributed by atoms with Crippen LogP contribution in [0.25, 0.3) is 0 Å². The molecule has 4 rings (SSSR count). The highest BCUT2D eigenvalue weighted by Gasteiger charge is 2.43. The van der Waals surface area contributed by atoms with Gasteiger partial charge in [-0.05, 0) is 48.4 Å².